The Kier molecular flexibility index (Phi) is 3.55. The molecule has 1 atom stereocenters. The first-order valence-electron chi connectivity index (χ1n) is 6.37. The first-order chi connectivity index (χ1) is 10.2. The summed E-state index contributed by atoms with van der Waals surface area (Å²) in [6.45, 7) is 0.720. The molecule has 0 spiro atoms. The molecule has 6 heteroatoms. The quantitative estimate of drug-likeness (QED) is 0.862. The number of nitrogens with zero attached hydrogens (tertiary/aromatic N) is 3. The van der Waals surface area contributed by atoms with Gasteiger partial charge in [0.2, 0.25) is 0 Å². The zero-order valence-electron chi connectivity index (χ0n) is 11.0. The second kappa shape index (κ2) is 5.37. The van der Waals surface area contributed by atoms with Gasteiger partial charge in [-0.2, -0.15) is 10.5 Å². The molecule has 21 heavy (non-hydrogen) atoms. The standard InChI is InChI=1S/C15H11ClN4S/c16-12-4-2-1-3-9(12)13-10(7-17)14(19)20-5-6-21-15(20)11(13)8-18/h1-4,13H,5-6,19H2/t13-/m0/s1. The third kappa shape index (κ3) is 2.06. The molecule has 1 saturated heterocycles. The van der Waals surface area contributed by atoms with Crippen molar-refractivity contribution in [2.24, 2.45) is 5.73 Å². The summed E-state index contributed by atoms with van der Waals surface area (Å²) in [4.78, 5) is 1.86. The van der Waals surface area contributed by atoms with Gasteiger partial charge in [0, 0.05) is 17.3 Å². The molecule has 3 rings (SSSR count). The Morgan fingerprint density at radius 2 is 1.95 bits per heavy atom. The second-order valence-electron chi connectivity index (χ2n) is 4.70. The number of benzene rings is 1. The lowest BCUT2D eigenvalue weighted by atomic mass is 9.83. The van der Waals surface area contributed by atoms with Crippen LogP contribution < -0.4 is 5.73 Å². The van der Waals surface area contributed by atoms with Gasteiger partial charge in [0.25, 0.3) is 0 Å². The van der Waals surface area contributed by atoms with Crippen LogP contribution in [0.4, 0.5) is 0 Å². The number of fused-ring (bicyclic) bond motifs is 1. The summed E-state index contributed by atoms with van der Waals surface area (Å²) >= 11 is 7.86. The number of thioether (sulfide) groups is 1. The molecule has 1 fully saturated rings. The Balaban J connectivity index is 2.26. The first kappa shape index (κ1) is 13.9. The zero-order chi connectivity index (χ0) is 15.0. The normalized spacial score (nSPS) is 21.1. The van der Waals surface area contributed by atoms with Gasteiger partial charge in [-0.3, -0.25) is 0 Å². The molecule has 0 aliphatic carbocycles. The largest absolute Gasteiger partial charge is 0.384 e. The molecule has 2 heterocycles. The van der Waals surface area contributed by atoms with Crippen molar-refractivity contribution in [1.29, 1.82) is 10.5 Å². The number of rotatable bonds is 1. The molecule has 1 aromatic carbocycles. The summed E-state index contributed by atoms with van der Waals surface area (Å²) in [5.74, 6) is 0.807. The number of allylic oxidation sites excluding steroid dienone is 2. The molecule has 4 nitrogen and oxygen atoms in total. The van der Waals surface area contributed by atoms with Crippen LogP contribution in [0.3, 0.4) is 0 Å². The summed E-state index contributed by atoms with van der Waals surface area (Å²) in [6, 6.07) is 11.7. The SMILES string of the molecule is N#CC1=C(N)N2CCSC2=C(C#N)[C@H]1c1ccccc1Cl. The van der Waals surface area contributed by atoms with Crippen molar-refractivity contribution in [1.82, 2.24) is 4.90 Å². The minimum Gasteiger partial charge on any atom is -0.384 e. The van der Waals surface area contributed by atoms with Crippen molar-refractivity contribution in [2.75, 3.05) is 12.3 Å². The molecule has 0 amide bonds. The van der Waals surface area contributed by atoms with Gasteiger partial charge in [-0.25, -0.2) is 0 Å². The summed E-state index contributed by atoms with van der Waals surface area (Å²) in [5, 5.41) is 20.5. The number of hydrogen-bond donors (Lipinski definition) is 1. The third-order valence-electron chi connectivity index (χ3n) is 3.63. The molecule has 2 aliphatic rings. The van der Waals surface area contributed by atoms with E-state index in [2.05, 4.69) is 12.1 Å². The lowest BCUT2D eigenvalue weighted by Gasteiger charge is -2.31. The predicted molar refractivity (Wildman–Crippen MR) is 82.8 cm³/mol. The Morgan fingerprint density at radius 3 is 2.62 bits per heavy atom. The van der Waals surface area contributed by atoms with Gasteiger partial charge in [0.15, 0.2) is 0 Å². The van der Waals surface area contributed by atoms with E-state index in [1.54, 1.807) is 17.8 Å². The highest BCUT2D eigenvalue weighted by atomic mass is 35.5. The maximum Gasteiger partial charge on any atom is 0.119 e. The minimum atomic E-state index is -0.481. The molecule has 1 aromatic rings. The summed E-state index contributed by atoms with van der Waals surface area (Å²) < 4.78 is 0. The van der Waals surface area contributed by atoms with Crippen molar-refractivity contribution in [3.63, 3.8) is 0 Å². The molecule has 0 unspecified atom stereocenters. The van der Waals surface area contributed by atoms with Gasteiger partial charge in [-0.15, -0.1) is 11.8 Å². The van der Waals surface area contributed by atoms with Crippen LogP contribution in [-0.4, -0.2) is 17.2 Å². The van der Waals surface area contributed by atoms with E-state index in [-0.39, 0.29) is 0 Å². The number of halogens is 1. The minimum absolute atomic E-state index is 0.394. The maximum atomic E-state index is 9.60. The van der Waals surface area contributed by atoms with Crippen LogP contribution in [-0.2, 0) is 0 Å². The summed E-state index contributed by atoms with van der Waals surface area (Å²) in [7, 11) is 0. The zero-order valence-corrected chi connectivity index (χ0v) is 12.6. The molecular weight excluding hydrogens is 304 g/mol. The van der Waals surface area contributed by atoms with Crippen molar-refractivity contribution >= 4 is 23.4 Å². The van der Waals surface area contributed by atoms with E-state index in [0.717, 1.165) is 22.9 Å². The molecule has 104 valence electrons. The number of hydrogen-bond acceptors (Lipinski definition) is 5. The van der Waals surface area contributed by atoms with Gasteiger partial charge >= 0.3 is 0 Å². The molecule has 0 bridgehead atoms. The van der Waals surface area contributed by atoms with E-state index in [0.29, 0.717) is 22.0 Å². The van der Waals surface area contributed by atoms with Crippen LogP contribution in [0.5, 0.6) is 0 Å². The highest BCUT2D eigenvalue weighted by Gasteiger charge is 2.38. The van der Waals surface area contributed by atoms with E-state index < -0.39 is 5.92 Å². The Labute approximate surface area is 132 Å². The highest BCUT2D eigenvalue weighted by Crippen LogP contribution is 2.47. The summed E-state index contributed by atoms with van der Waals surface area (Å²) in [6.07, 6.45) is 0. The van der Waals surface area contributed by atoms with Crippen LogP contribution in [0.2, 0.25) is 5.02 Å². The van der Waals surface area contributed by atoms with Crippen molar-refractivity contribution in [3.05, 3.63) is 56.8 Å². The molecule has 0 aromatic heterocycles. The lowest BCUT2D eigenvalue weighted by molar-refractivity contribution is 0.469. The maximum absolute atomic E-state index is 9.60. The topological polar surface area (TPSA) is 76.8 Å². The Bertz CT molecular complexity index is 754. The molecule has 0 saturated carbocycles. The third-order valence-corrected chi connectivity index (χ3v) is 5.08. The predicted octanol–water partition coefficient (Wildman–Crippen LogP) is 2.92. The van der Waals surface area contributed by atoms with E-state index in [1.807, 2.05) is 23.1 Å². The first-order valence-corrected chi connectivity index (χ1v) is 7.74. The van der Waals surface area contributed by atoms with Crippen molar-refractivity contribution in [2.45, 2.75) is 5.92 Å². The van der Waals surface area contributed by atoms with Crippen LogP contribution in [0.25, 0.3) is 0 Å². The van der Waals surface area contributed by atoms with Gasteiger partial charge < -0.3 is 10.6 Å². The van der Waals surface area contributed by atoms with Crippen LogP contribution >= 0.6 is 23.4 Å². The average Bonchev–Trinajstić information content (AvgIpc) is 2.97. The Hall–Kier alpha value is -2.08. The molecule has 0 radical (unpaired) electrons. The van der Waals surface area contributed by atoms with Gasteiger partial charge in [-0.1, -0.05) is 29.8 Å². The van der Waals surface area contributed by atoms with E-state index in [1.165, 1.54) is 0 Å². The molecule has 2 aliphatic heterocycles. The number of nitriles is 2. The van der Waals surface area contributed by atoms with Crippen LogP contribution in [0, 0.1) is 22.7 Å². The monoisotopic (exact) mass is 314 g/mol. The molecule has 2 N–H and O–H groups in total. The van der Waals surface area contributed by atoms with E-state index in [9.17, 15) is 10.5 Å². The fourth-order valence-electron chi connectivity index (χ4n) is 2.68. The smallest absolute Gasteiger partial charge is 0.119 e. The molecular formula is C15H11ClN4S. The van der Waals surface area contributed by atoms with E-state index >= 15 is 0 Å². The fraction of sp³-hybridized carbons (Fsp3) is 0.200. The van der Waals surface area contributed by atoms with E-state index in [4.69, 9.17) is 17.3 Å². The second-order valence-corrected chi connectivity index (χ2v) is 6.19. The lowest BCUT2D eigenvalue weighted by Crippen LogP contribution is -2.31. The van der Waals surface area contributed by atoms with Gasteiger partial charge in [0.05, 0.1) is 34.2 Å². The highest BCUT2D eigenvalue weighted by molar-refractivity contribution is 8.03. The van der Waals surface area contributed by atoms with Crippen molar-refractivity contribution in [3.8, 4) is 12.1 Å². The number of nitrogens with two attached hydrogens (primary N) is 1. The van der Waals surface area contributed by atoms with Gasteiger partial charge in [0.1, 0.15) is 5.82 Å². The van der Waals surface area contributed by atoms with Gasteiger partial charge in [-0.05, 0) is 11.6 Å². The average molecular weight is 315 g/mol. The van der Waals surface area contributed by atoms with Crippen molar-refractivity contribution < 1.29 is 0 Å². The van der Waals surface area contributed by atoms with Crippen LogP contribution in [0.15, 0.2) is 46.3 Å². The summed E-state index contributed by atoms with van der Waals surface area (Å²) in [5.41, 5.74) is 7.84. The fourth-order valence-corrected chi connectivity index (χ4v) is 4.06. The van der Waals surface area contributed by atoms with Crippen LogP contribution in [0.1, 0.15) is 11.5 Å². The Morgan fingerprint density at radius 1 is 1.24 bits per heavy atom.